The molecule has 0 radical (unpaired) electrons. The molecule has 1 aromatic heterocycles. The Balaban J connectivity index is 1.53. The van der Waals surface area contributed by atoms with Crippen LogP contribution in [0.5, 0.6) is 0 Å². The molecule has 5 heteroatoms. The quantitative estimate of drug-likeness (QED) is 0.224. The normalized spacial score (nSPS) is 12.1. The molecule has 5 nitrogen and oxygen atoms in total. The molecule has 0 fully saturated rings. The van der Waals surface area contributed by atoms with Crippen molar-refractivity contribution in [3.05, 3.63) is 101 Å². The summed E-state index contributed by atoms with van der Waals surface area (Å²) in [5, 5.41) is 13.4. The van der Waals surface area contributed by atoms with Crippen LogP contribution in [0, 0.1) is 5.92 Å². The van der Waals surface area contributed by atoms with Gasteiger partial charge in [-0.15, -0.1) is 0 Å². The lowest BCUT2D eigenvalue weighted by Crippen LogP contribution is -2.08. The van der Waals surface area contributed by atoms with E-state index in [1.807, 2.05) is 59.3 Å². The highest BCUT2D eigenvalue weighted by atomic mass is 16.4. The smallest absolute Gasteiger partial charge is 0.303 e. The molecular formula is C31H34N2O3. The number of aliphatic carboxylic acids is 1. The molecule has 0 amide bonds. The van der Waals surface area contributed by atoms with E-state index in [2.05, 4.69) is 50.4 Å². The maximum absolute atomic E-state index is 13.6. The lowest BCUT2D eigenvalue weighted by Gasteiger charge is -2.17. The maximum Gasteiger partial charge on any atom is 0.303 e. The van der Waals surface area contributed by atoms with Crippen LogP contribution in [0.1, 0.15) is 66.7 Å². The largest absolute Gasteiger partial charge is 0.481 e. The van der Waals surface area contributed by atoms with Crippen molar-refractivity contribution >= 4 is 28.3 Å². The second kappa shape index (κ2) is 11.3. The molecule has 2 N–H and O–H groups in total. The number of carbonyl (C=O) groups is 2. The number of aryl methyl sites for hydroxylation is 1. The molecule has 0 aliphatic rings. The number of nitrogens with one attached hydrogen (secondary N) is 1. The first kappa shape index (κ1) is 25.2. The fraction of sp³-hybridized carbons (Fsp3) is 0.290. The molecule has 4 rings (SSSR count). The van der Waals surface area contributed by atoms with Crippen LogP contribution in [-0.2, 0) is 17.8 Å². The first-order valence-electron chi connectivity index (χ1n) is 12.6. The van der Waals surface area contributed by atoms with Crippen molar-refractivity contribution in [3.63, 3.8) is 0 Å². The summed E-state index contributed by atoms with van der Waals surface area (Å²) in [6.45, 7) is 7.12. The molecule has 0 saturated heterocycles. The van der Waals surface area contributed by atoms with Crippen LogP contribution in [0.25, 0.3) is 10.9 Å². The van der Waals surface area contributed by atoms with Gasteiger partial charge < -0.3 is 15.0 Å². The standard InChI is InChI=1S/C31H34N2O3/c1-21(2)18-23-13-15-24(16-14-23)22(3)32-26-9-6-8-25(19-26)31(36)28-20-33(17-7-12-30(34)35)29-11-5-4-10-27(28)29/h4-6,8-11,13-16,19-22,32H,7,12,17-18H2,1-3H3,(H,34,35). The van der Waals surface area contributed by atoms with Crippen LogP contribution in [0.4, 0.5) is 5.69 Å². The molecule has 1 unspecified atom stereocenters. The highest BCUT2D eigenvalue weighted by Crippen LogP contribution is 2.26. The highest BCUT2D eigenvalue weighted by Gasteiger charge is 2.17. The highest BCUT2D eigenvalue weighted by molar-refractivity contribution is 6.16. The predicted octanol–water partition coefficient (Wildman–Crippen LogP) is 7.11. The first-order chi connectivity index (χ1) is 17.3. The molecule has 36 heavy (non-hydrogen) atoms. The number of rotatable bonds is 11. The summed E-state index contributed by atoms with van der Waals surface area (Å²) in [5.74, 6) is -0.226. The van der Waals surface area contributed by atoms with Crippen LogP contribution in [0.2, 0.25) is 0 Å². The van der Waals surface area contributed by atoms with Crippen LogP contribution in [-0.4, -0.2) is 21.4 Å². The second-order valence-corrected chi connectivity index (χ2v) is 9.87. The lowest BCUT2D eigenvalue weighted by molar-refractivity contribution is -0.137. The van der Waals surface area contributed by atoms with Gasteiger partial charge in [0.1, 0.15) is 0 Å². The number of para-hydroxylation sites is 1. The Labute approximate surface area is 212 Å². The fourth-order valence-electron chi connectivity index (χ4n) is 4.67. The van der Waals surface area contributed by atoms with Gasteiger partial charge in [0.2, 0.25) is 0 Å². The zero-order chi connectivity index (χ0) is 25.7. The van der Waals surface area contributed by atoms with Crippen LogP contribution in [0.15, 0.2) is 79.0 Å². The van der Waals surface area contributed by atoms with Crippen molar-refractivity contribution in [2.75, 3.05) is 5.32 Å². The van der Waals surface area contributed by atoms with Gasteiger partial charge in [-0.1, -0.05) is 68.4 Å². The summed E-state index contributed by atoms with van der Waals surface area (Å²) < 4.78 is 1.98. The van der Waals surface area contributed by atoms with Crippen LogP contribution >= 0.6 is 0 Å². The average Bonchev–Trinajstić information content (AvgIpc) is 3.22. The number of carboxylic acids is 1. The summed E-state index contributed by atoms with van der Waals surface area (Å²) in [7, 11) is 0. The van der Waals surface area contributed by atoms with Gasteiger partial charge in [0, 0.05) is 52.9 Å². The third-order valence-electron chi connectivity index (χ3n) is 6.45. The fourth-order valence-corrected chi connectivity index (χ4v) is 4.67. The van der Waals surface area contributed by atoms with Gasteiger partial charge in [-0.2, -0.15) is 0 Å². The number of benzene rings is 3. The van der Waals surface area contributed by atoms with Crippen molar-refractivity contribution in [2.45, 2.75) is 52.6 Å². The monoisotopic (exact) mass is 482 g/mol. The van der Waals surface area contributed by atoms with Crippen molar-refractivity contribution in [3.8, 4) is 0 Å². The predicted molar refractivity (Wildman–Crippen MR) is 146 cm³/mol. The Kier molecular flexibility index (Phi) is 7.89. The van der Waals surface area contributed by atoms with Gasteiger partial charge in [0.25, 0.3) is 0 Å². The second-order valence-electron chi connectivity index (χ2n) is 9.87. The summed E-state index contributed by atoms with van der Waals surface area (Å²) >= 11 is 0. The number of hydrogen-bond acceptors (Lipinski definition) is 3. The third kappa shape index (κ3) is 6.03. The van der Waals surface area contributed by atoms with E-state index in [0.29, 0.717) is 30.0 Å². The molecule has 1 heterocycles. The van der Waals surface area contributed by atoms with Gasteiger partial charge in [-0.05, 0) is 55.0 Å². The summed E-state index contributed by atoms with van der Waals surface area (Å²) in [6, 6.07) is 24.2. The molecule has 0 saturated carbocycles. The van der Waals surface area contributed by atoms with Crippen LogP contribution in [0.3, 0.4) is 0 Å². The van der Waals surface area contributed by atoms with E-state index in [0.717, 1.165) is 23.0 Å². The van der Waals surface area contributed by atoms with Gasteiger partial charge >= 0.3 is 5.97 Å². The minimum absolute atomic E-state index is 0.0440. The molecule has 3 aromatic carbocycles. The summed E-state index contributed by atoms with van der Waals surface area (Å²) in [5.41, 5.74) is 5.62. The molecular weight excluding hydrogens is 448 g/mol. The van der Waals surface area contributed by atoms with Crippen LogP contribution < -0.4 is 5.32 Å². The van der Waals surface area contributed by atoms with Crippen molar-refractivity contribution < 1.29 is 14.7 Å². The molecule has 0 bridgehead atoms. The van der Waals surface area contributed by atoms with E-state index >= 15 is 0 Å². The van der Waals surface area contributed by atoms with E-state index < -0.39 is 5.97 Å². The van der Waals surface area contributed by atoms with Crippen molar-refractivity contribution in [2.24, 2.45) is 5.92 Å². The number of nitrogens with zero attached hydrogens (tertiary/aromatic N) is 1. The molecule has 1 atom stereocenters. The maximum atomic E-state index is 13.6. The summed E-state index contributed by atoms with van der Waals surface area (Å²) in [6.07, 6.45) is 3.54. The molecule has 186 valence electrons. The number of ketones is 1. The Morgan fingerprint density at radius 2 is 1.69 bits per heavy atom. The summed E-state index contributed by atoms with van der Waals surface area (Å²) in [4.78, 5) is 24.5. The lowest BCUT2D eigenvalue weighted by atomic mass is 9.99. The van der Waals surface area contributed by atoms with Gasteiger partial charge in [-0.3, -0.25) is 9.59 Å². The van der Waals surface area contributed by atoms with E-state index in [4.69, 9.17) is 5.11 Å². The number of fused-ring (bicyclic) bond motifs is 1. The van der Waals surface area contributed by atoms with Crippen molar-refractivity contribution in [1.29, 1.82) is 0 Å². The average molecular weight is 483 g/mol. The van der Waals surface area contributed by atoms with E-state index in [1.165, 1.54) is 11.1 Å². The molecule has 4 aromatic rings. The van der Waals surface area contributed by atoms with E-state index in [1.54, 1.807) is 0 Å². The molecule has 0 aliphatic carbocycles. The number of hydrogen-bond donors (Lipinski definition) is 2. The van der Waals surface area contributed by atoms with Gasteiger partial charge in [-0.25, -0.2) is 0 Å². The molecule has 0 spiro atoms. The molecule has 0 aliphatic heterocycles. The Morgan fingerprint density at radius 1 is 0.944 bits per heavy atom. The minimum atomic E-state index is -0.812. The Bertz CT molecular complexity index is 1350. The first-order valence-corrected chi connectivity index (χ1v) is 12.6. The number of carboxylic acid groups (broad SMARTS) is 1. The minimum Gasteiger partial charge on any atom is -0.481 e. The number of anilines is 1. The number of carbonyl (C=O) groups excluding carboxylic acids is 1. The zero-order valence-corrected chi connectivity index (χ0v) is 21.2. The van der Waals surface area contributed by atoms with E-state index in [-0.39, 0.29) is 18.2 Å². The zero-order valence-electron chi connectivity index (χ0n) is 21.2. The van der Waals surface area contributed by atoms with Gasteiger partial charge in [0.15, 0.2) is 5.78 Å². The Hall–Kier alpha value is -3.86. The Morgan fingerprint density at radius 3 is 2.42 bits per heavy atom. The van der Waals surface area contributed by atoms with E-state index in [9.17, 15) is 9.59 Å². The topological polar surface area (TPSA) is 71.3 Å². The third-order valence-corrected chi connectivity index (χ3v) is 6.45. The SMILES string of the molecule is CC(C)Cc1ccc(C(C)Nc2cccc(C(=O)c3cn(CCCC(=O)O)c4ccccc34)c2)cc1. The number of aromatic nitrogens is 1. The van der Waals surface area contributed by atoms with Gasteiger partial charge in [0.05, 0.1) is 0 Å². The van der Waals surface area contributed by atoms with Crippen molar-refractivity contribution in [1.82, 2.24) is 4.57 Å².